The molecule has 0 saturated heterocycles. The van der Waals surface area contributed by atoms with Crippen LogP contribution in [0.4, 0.5) is 0 Å². The largest absolute Gasteiger partial charge is 0.348 e. The van der Waals surface area contributed by atoms with Gasteiger partial charge in [0.15, 0.2) is 5.78 Å². The van der Waals surface area contributed by atoms with Gasteiger partial charge < -0.3 is 4.90 Å². The summed E-state index contributed by atoms with van der Waals surface area (Å²) in [5, 5.41) is 0. The Morgan fingerprint density at radius 3 is 2.12 bits per heavy atom. The number of carbonyl (C=O) groups excluding carboxylic acids is 3. The maximum Gasteiger partial charge on any atom is 0.229 e. The molecule has 0 saturated carbocycles. The highest BCUT2D eigenvalue weighted by atomic mass is 16.2. The van der Waals surface area contributed by atoms with Crippen molar-refractivity contribution in [1.29, 1.82) is 0 Å². The van der Waals surface area contributed by atoms with E-state index in [4.69, 9.17) is 0 Å². The van der Waals surface area contributed by atoms with Gasteiger partial charge in [-0.2, -0.15) is 0 Å². The Morgan fingerprint density at radius 2 is 1.59 bits per heavy atom. The lowest BCUT2D eigenvalue weighted by molar-refractivity contribution is -0.133. The number of Topliss-reactive ketones (excluding diaryl/α,β-unsaturated/α-hetero) is 2. The average Bonchev–Trinajstić information content (AvgIpc) is 2.29. The second-order valence-corrected chi connectivity index (χ2v) is 3.97. The van der Waals surface area contributed by atoms with Crippen LogP contribution >= 0.6 is 0 Å². The van der Waals surface area contributed by atoms with Gasteiger partial charge >= 0.3 is 0 Å². The molecule has 4 heteroatoms. The molecule has 90 valence electrons. The molecule has 0 fully saturated rings. The Labute approximate surface area is 100 Å². The number of benzene rings is 1. The van der Waals surface area contributed by atoms with Crippen LogP contribution in [0.1, 0.15) is 23.2 Å². The quantitative estimate of drug-likeness (QED) is 0.569. The fourth-order valence-corrected chi connectivity index (χ4v) is 1.29. The molecule has 1 aromatic rings. The van der Waals surface area contributed by atoms with Crippen molar-refractivity contribution in [3.63, 3.8) is 0 Å². The number of rotatable bonds is 5. The summed E-state index contributed by atoms with van der Waals surface area (Å²) in [6, 6.07) is 8.59. The van der Waals surface area contributed by atoms with Crippen LogP contribution in [-0.2, 0) is 9.59 Å². The summed E-state index contributed by atoms with van der Waals surface area (Å²) in [4.78, 5) is 35.7. The highest BCUT2D eigenvalue weighted by Gasteiger charge is 2.15. The first-order valence-corrected chi connectivity index (χ1v) is 5.31. The lowest BCUT2D eigenvalue weighted by Crippen LogP contribution is -2.25. The maximum absolute atomic E-state index is 11.7. The molecule has 0 aliphatic heterocycles. The molecule has 17 heavy (non-hydrogen) atoms. The topological polar surface area (TPSA) is 54.5 Å². The smallest absolute Gasteiger partial charge is 0.229 e. The molecule has 0 aromatic heterocycles. The fraction of sp³-hybridized carbons (Fsp3) is 0.308. The van der Waals surface area contributed by atoms with Crippen LogP contribution in [0, 0.1) is 0 Å². The minimum Gasteiger partial charge on any atom is -0.348 e. The zero-order chi connectivity index (χ0) is 12.8. The highest BCUT2D eigenvalue weighted by Crippen LogP contribution is 2.05. The van der Waals surface area contributed by atoms with Crippen molar-refractivity contribution in [3.8, 4) is 0 Å². The van der Waals surface area contributed by atoms with E-state index in [1.807, 2.05) is 0 Å². The number of ketones is 2. The van der Waals surface area contributed by atoms with Crippen LogP contribution in [0.25, 0.3) is 0 Å². The molecule has 1 amide bonds. The minimum absolute atomic E-state index is 0.217. The Morgan fingerprint density at radius 1 is 1.00 bits per heavy atom. The van der Waals surface area contributed by atoms with Gasteiger partial charge in [0, 0.05) is 19.7 Å². The zero-order valence-corrected chi connectivity index (χ0v) is 9.97. The SMILES string of the molecule is CN(C)C(=O)CC(=O)CC(=O)c1ccccc1. The van der Waals surface area contributed by atoms with Gasteiger partial charge in [-0.05, 0) is 0 Å². The highest BCUT2D eigenvalue weighted by molar-refractivity contribution is 6.11. The predicted octanol–water partition coefficient (Wildman–Crippen LogP) is 1.31. The van der Waals surface area contributed by atoms with Crippen molar-refractivity contribution >= 4 is 17.5 Å². The molecular weight excluding hydrogens is 218 g/mol. The molecule has 0 bridgehead atoms. The summed E-state index contributed by atoms with van der Waals surface area (Å²) in [7, 11) is 3.16. The second kappa shape index (κ2) is 5.94. The van der Waals surface area contributed by atoms with Gasteiger partial charge in [0.2, 0.25) is 5.91 Å². The summed E-state index contributed by atoms with van der Waals surface area (Å²) >= 11 is 0. The summed E-state index contributed by atoms with van der Waals surface area (Å²) in [6.45, 7) is 0. The number of nitrogens with zero attached hydrogens (tertiary/aromatic N) is 1. The van der Waals surface area contributed by atoms with Crippen LogP contribution in [0.3, 0.4) is 0 Å². The first-order valence-electron chi connectivity index (χ1n) is 5.31. The van der Waals surface area contributed by atoms with Crippen LogP contribution in [0.2, 0.25) is 0 Å². The van der Waals surface area contributed by atoms with Gasteiger partial charge in [0.1, 0.15) is 5.78 Å². The van der Waals surface area contributed by atoms with Crippen molar-refractivity contribution < 1.29 is 14.4 Å². The molecule has 0 atom stereocenters. The van der Waals surface area contributed by atoms with Gasteiger partial charge in [-0.3, -0.25) is 14.4 Å². The van der Waals surface area contributed by atoms with E-state index < -0.39 is 0 Å². The lowest BCUT2D eigenvalue weighted by atomic mass is 10.0. The van der Waals surface area contributed by atoms with Gasteiger partial charge in [-0.25, -0.2) is 0 Å². The first kappa shape index (κ1) is 13.1. The number of amides is 1. The summed E-state index contributed by atoms with van der Waals surface area (Å²) in [5.74, 6) is -0.879. The molecule has 0 spiro atoms. The summed E-state index contributed by atoms with van der Waals surface area (Å²) < 4.78 is 0. The number of hydrogen-bond acceptors (Lipinski definition) is 3. The number of hydrogen-bond donors (Lipinski definition) is 0. The van der Waals surface area contributed by atoms with E-state index in [9.17, 15) is 14.4 Å². The van der Waals surface area contributed by atoms with Crippen molar-refractivity contribution in [3.05, 3.63) is 35.9 Å². The normalized spacial score (nSPS) is 9.76. The standard InChI is InChI=1S/C13H15NO3/c1-14(2)13(17)9-11(15)8-12(16)10-6-4-3-5-7-10/h3-7H,8-9H2,1-2H3. The molecule has 0 aliphatic carbocycles. The zero-order valence-electron chi connectivity index (χ0n) is 9.97. The van der Waals surface area contributed by atoms with Crippen LogP contribution in [-0.4, -0.2) is 36.5 Å². The molecule has 4 nitrogen and oxygen atoms in total. The van der Waals surface area contributed by atoms with E-state index in [-0.39, 0.29) is 30.3 Å². The van der Waals surface area contributed by atoms with Crippen molar-refractivity contribution in [1.82, 2.24) is 4.90 Å². The average molecular weight is 233 g/mol. The van der Waals surface area contributed by atoms with E-state index in [2.05, 4.69) is 0 Å². The Bertz CT molecular complexity index is 424. The molecule has 0 unspecified atom stereocenters. The lowest BCUT2D eigenvalue weighted by Gasteiger charge is -2.08. The van der Waals surface area contributed by atoms with E-state index in [0.717, 1.165) is 0 Å². The second-order valence-electron chi connectivity index (χ2n) is 3.97. The molecule has 1 rings (SSSR count). The monoisotopic (exact) mass is 233 g/mol. The summed E-state index contributed by atoms with van der Waals surface area (Å²) in [6.07, 6.45) is -0.435. The molecule has 0 N–H and O–H groups in total. The minimum atomic E-state index is -0.349. The van der Waals surface area contributed by atoms with Gasteiger partial charge in [-0.1, -0.05) is 30.3 Å². The third kappa shape index (κ3) is 4.18. The van der Waals surface area contributed by atoms with Crippen molar-refractivity contribution in [2.45, 2.75) is 12.8 Å². The molecule has 0 radical (unpaired) electrons. The van der Waals surface area contributed by atoms with E-state index in [0.29, 0.717) is 5.56 Å². The third-order valence-corrected chi connectivity index (χ3v) is 2.30. The Kier molecular flexibility index (Phi) is 4.57. The van der Waals surface area contributed by atoms with Crippen molar-refractivity contribution in [2.75, 3.05) is 14.1 Å². The van der Waals surface area contributed by atoms with Crippen LogP contribution < -0.4 is 0 Å². The molecule has 0 heterocycles. The van der Waals surface area contributed by atoms with Crippen molar-refractivity contribution in [2.24, 2.45) is 0 Å². The molecule has 1 aromatic carbocycles. The Balaban J connectivity index is 2.53. The molecule has 0 aliphatic rings. The molecular formula is C13H15NO3. The number of carbonyl (C=O) groups is 3. The van der Waals surface area contributed by atoms with Gasteiger partial charge in [-0.15, -0.1) is 0 Å². The maximum atomic E-state index is 11.7. The van der Waals surface area contributed by atoms with E-state index >= 15 is 0 Å². The predicted molar refractivity (Wildman–Crippen MR) is 63.7 cm³/mol. The van der Waals surface area contributed by atoms with Gasteiger partial charge in [0.25, 0.3) is 0 Å². The van der Waals surface area contributed by atoms with E-state index in [1.54, 1.807) is 44.4 Å². The third-order valence-electron chi connectivity index (χ3n) is 2.30. The Hall–Kier alpha value is -1.97. The fourth-order valence-electron chi connectivity index (χ4n) is 1.29. The van der Waals surface area contributed by atoms with E-state index in [1.165, 1.54) is 4.90 Å². The van der Waals surface area contributed by atoms with Gasteiger partial charge in [0.05, 0.1) is 12.8 Å². The van der Waals surface area contributed by atoms with Crippen LogP contribution in [0.15, 0.2) is 30.3 Å². The van der Waals surface area contributed by atoms with Crippen LogP contribution in [0.5, 0.6) is 0 Å². The summed E-state index contributed by atoms with van der Waals surface area (Å²) in [5.41, 5.74) is 0.498. The first-order chi connectivity index (χ1) is 8.00.